The van der Waals surface area contributed by atoms with Gasteiger partial charge in [-0.25, -0.2) is 0 Å². The minimum atomic E-state index is -0.152. The van der Waals surface area contributed by atoms with Gasteiger partial charge in [0.15, 0.2) is 5.78 Å². The van der Waals surface area contributed by atoms with E-state index in [-0.39, 0.29) is 16.8 Å². The Balaban J connectivity index is 2.63. The molecule has 0 amide bonds. The molecule has 2 nitrogen and oxygen atoms in total. The first-order valence-corrected chi connectivity index (χ1v) is 6.47. The average molecular weight is 246 g/mol. The molecule has 0 spiro atoms. The Kier molecular flexibility index (Phi) is 2.80. The Bertz CT molecular complexity index is 510. The van der Waals surface area contributed by atoms with Gasteiger partial charge >= 0.3 is 0 Å². The van der Waals surface area contributed by atoms with Gasteiger partial charge in [-0.15, -0.1) is 0 Å². The summed E-state index contributed by atoms with van der Waals surface area (Å²) in [5, 5.41) is 0. The number of fused-ring (bicyclic) bond motifs is 1. The van der Waals surface area contributed by atoms with Crippen LogP contribution in [0.3, 0.4) is 0 Å². The smallest absolute Gasteiger partial charge is 0.160 e. The molecule has 0 fully saturated rings. The van der Waals surface area contributed by atoms with Crippen LogP contribution >= 0.6 is 0 Å². The summed E-state index contributed by atoms with van der Waals surface area (Å²) in [7, 11) is 0. The summed E-state index contributed by atoms with van der Waals surface area (Å²) >= 11 is 0. The number of hydrogen-bond donors (Lipinski definition) is 0. The maximum atomic E-state index is 11.6. The van der Waals surface area contributed by atoms with E-state index in [1.807, 2.05) is 19.1 Å². The summed E-state index contributed by atoms with van der Waals surface area (Å²) in [6.45, 7) is 12.3. The highest BCUT2D eigenvalue weighted by Crippen LogP contribution is 2.45. The molecule has 0 unspecified atom stereocenters. The van der Waals surface area contributed by atoms with Crippen LogP contribution < -0.4 is 4.74 Å². The summed E-state index contributed by atoms with van der Waals surface area (Å²) in [5.74, 6) is 1.05. The highest BCUT2D eigenvalue weighted by molar-refractivity contribution is 5.96. The first-order valence-electron chi connectivity index (χ1n) is 6.47. The highest BCUT2D eigenvalue weighted by Gasteiger charge is 2.39. The summed E-state index contributed by atoms with van der Waals surface area (Å²) in [6, 6.07) is 4.02. The average Bonchev–Trinajstić information content (AvgIpc) is 2.11. The second-order valence-corrected chi connectivity index (χ2v) is 6.64. The number of carbonyl (C=O) groups is 1. The molecule has 1 aromatic carbocycles. The Morgan fingerprint density at radius 2 is 1.83 bits per heavy atom. The van der Waals surface area contributed by atoms with Crippen molar-refractivity contribution in [3.63, 3.8) is 0 Å². The third kappa shape index (κ3) is 2.16. The molecule has 2 heteroatoms. The molecule has 2 rings (SSSR count). The number of aryl methyl sites for hydroxylation is 1. The topological polar surface area (TPSA) is 26.3 Å². The molecule has 0 saturated carbocycles. The predicted molar refractivity (Wildman–Crippen MR) is 73.5 cm³/mol. The predicted octanol–water partition coefficient (Wildman–Crippen LogP) is 4.04. The summed E-state index contributed by atoms with van der Waals surface area (Å²) < 4.78 is 6.06. The molecule has 0 bridgehead atoms. The van der Waals surface area contributed by atoms with Gasteiger partial charge < -0.3 is 4.74 Å². The fourth-order valence-electron chi connectivity index (χ4n) is 3.17. The maximum Gasteiger partial charge on any atom is 0.160 e. The van der Waals surface area contributed by atoms with E-state index < -0.39 is 0 Å². The Hall–Kier alpha value is -1.31. The second kappa shape index (κ2) is 3.84. The Morgan fingerprint density at radius 3 is 2.39 bits per heavy atom. The van der Waals surface area contributed by atoms with Crippen LogP contribution in [0.1, 0.15) is 62.5 Å². The van der Waals surface area contributed by atoms with Crippen molar-refractivity contribution in [1.82, 2.24) is 0 Å². The van der Waals surface area contributed by atoms with Gasteiger partial charge in [0.1, 0.15) is 11.4 Å². The normalized spacial score (nSPS) is 19.9. The van der Waals surface area contributed by atoms with Gasteiger partial charge in [0.05, 0.1) is 0 Å². The Morgan fingerprint density at radius 1 is 1.22 bits per heavy atom. The largest absolute Gasteiger partial charge is 0.488 e. The lowest BCUT2D eigenvalue weighted by Crippen LogP contribution is -2.41. The molecule has 0 aromatic heterocycles. The van der Waals surface area contributed by atoms with Gasteiger partial charge in [-0.3, -0.25) is 4.79 Å². The number of Topliss-reactive ketones (excluding diaryl/α,β-unsaturated/α-hetero) is 1. The van der Waals surface area contributed by atoms with Gasteiger partial charge in [0, 0.05) is 11.1 Å². The summed E-state index contributed by atoms with van der Waals surface area (Å²) in [6.07, 6.45) is 0.952. The van der Waals surface area contributed by atoms with Gasteiger partial charge in [-0.2, -0.15) is 0 Å². The molecular formula is C16H22O2. The molecular weight excluding hydrogens is 224 g/mol. The quantitative estimate of drug-likeness (QED) is 0.699. The van der Waals surface area contributed by atoms with Crippen molar-refractivity contribution in [3.8, 4) is 5.75 Å². The fourth-order valence-corrected chi connectivity index (χ4v) is 3.17. The van der Waals surface area contributed by atoms with E-state index >= 15 is 0 Å². The van der Waals surface area contributed by atoms with Crippen molar-refractivity contribution >= 4 is 5.78 Å². The van der Waals surface area contributed by atoms with Crippen molar-refractivity contribution in [3.05, 3.63) is 28.8 Å². The first-order chi connectivity index (χ1) is 8.12. The van der Waals surface area contributed by atoms with Crippen LogP contribution in [0, 0.1) is 6.92 Å². The zero-order chi connectivity index (χ0) is 13.7. The van der Waals surface area contributed by atoms with Crippen molar-refractivity contribution in [2.75, 3.05) is 0 Å². The van der Waals surface area contributed by atoms with Crippen LogP contribution in [-0.2, 0) is 5.41 Å². The lowest BCUT2D eigenvalue weighted by molar-refractivity contribution is 0.0533. The maximum absolute atomic E-state index is 11.6. The van der Waals surface area contributed by atoms with Gasteiger partial charge in [-0.1, -0.05) is 13.8 Å². The monoisotopic (exact) mass is 246 g/mol. The standard InChI is InChI=1S/C16H22O2/c1-10-7-14-13(8-12(10)11(2)17)15(3,4)9-16(5,6)18-14/h7-8H,9H2,1-6H3. The minimum Gasteiger partial charge on any atom is -0.488 e. The van der Waals surface area contributed by atoms with Crippen LogP contribution in [0.2, 0.25) is 0 Å². The van der Waals surface area contributed by atoms with E-state index in [0.29, 0.717) is 0 Å². The van der Waals surface area contributed by atoms with Gasteiger partial charge in [0.25, 0.3) is 0 Å². The number of carbonyl (C=O) groups excluding carboxylic acids is 1. The molecule has 1 heterocycles. The number of ketones is 1. The van der Waals surface area contributed by atoms with Gasteiger partial charge in [0.2, 0.25) is 0 Å². The second-order valence-electron chi connectivity index (χ2n) is 6.64. The molecule has 98 valence electrons. The van der Waals surface area contributed by atoms with Crippen LogP contribution in [0.15, 0.2) is 12.1 Å². The van der Waals surface area contributed by atoms with Crippen molar-refractivity contribution in [1.29, 1.82) is 0 Å². The molecule has 1 aliphatic rings. The number of benzene rings is 1. The van der Waals surface area contributed by atoms with E-state index in [1.165, 1.54) is 0 Å². The summed E-state index contributed by atoms with van der Waals surface area (Å²) in [5.41, 5.74) is 2.84. The third-order valence-corrected chi connectivity index (χ3v) is 3.69. The fraction of sp³-hybridized carbons (Fsp3) is 0.562. The molecule has 1 aromatic rings. The molecule has 0 aliphatic carbocycles. The van der Waals surface area contributed by atoms with E-state index in [2.05, 4.69) is 27.7 Å². The number of rotatable bonds is 1. The van der Waals surface area contributed by atoms with Crippen LogP contribution in [-0.4, -0.2) is 11.4 Å². The zero-order valence-corrected chi connectivity index (χ0v) is 12.2. The molecule has 0 radical (unpaired) electrons. The molecule has 0 atom stereocenters. The van der Waals surface area contributed by atoms with E-state index in [0.717, 1.165) is 28.9 Å². The van der Waals surface area contributed by atoms with E-state index in [9.17, 15) is 4.79 Å². The molecule has 1 aliphatic heterocycles. The minimum absolute atomic E-state index is 0.0367. The first kappa shape index (κ1) is 13.1. The van der Waals surface area contributed by atoms with E-state index in [1.54, 1.807) is 6.92 Å². The molecule has 0 N–H and O–H groups in total. The molecule has 0 saturated heterocycles. The molecule has 18 heavy (non-hydrogen) atoms. The van der Waals surface area contributed by atoms with Gasteiger partial charge in [-0.05, 0) is 57.2 Å². The van der Waals surface area contributed by atoms with E-state index in [4.69, 9.17) is 4.74 Å². The Labute approximate surface area is 109 Å². The number of hydrogen-bond acceptors (Lipinski definition) is 2. The zero-order valence-electron chi connectivity index (χ0n) is 12.2. The highest BCUT2D eigenvalue weighted by atomic mass is 16.5. The van der Waals surface area contributed by atoms with Crippen molar-refractivity contribution in [2.24, 2.45) is 0 Å². The van der Waals surface area contributed by atoms with Crippen LogP contribution in [0.25, 0.3) is 0 Å². The third-order valence-electron chi connectivity index (χ3n) is 3.69. The lowest BCUT2D eigenvalue weighted by Gasteiger charge is -2.42. The van der Waals surface area contributed by atoms with Crippen molar-refractivity contribution in [2.45, 2.75) is 59.0 Å². The van der Waals surface area contributed by atoms with Crippen molar-refractivity contribution < 1.29 is 9.53 Å². The lowest BCUT2D eigenvalue weighted by atomic mass is 9.73. The summed E-state index contributed by atoms with van der Waals surface area (Å²) in [4.78, 5) is 11.6. The van der Waals surface area contributed by atoms with Crippen LogP contribution in [0.4, 0.5) is 0 Å². The number of ether oxygens (including phenoxy) is 1. The van der Waals surface area contributed by atoms with Crippen LogP contribution in [0.5, 0.6) is 5.75 Å². The SMILES string of the molecule is CC(=O)c1cc2c(cc1C)OC(C)(C)CC2(C)C.